The second kappa shape index (κ2) is 10.1. The minimum Gasteiger partial charge on any atom is -0.352 e. The van der Waals surface area contributed by atoms with Crippen molar-refractivity contribution in [1.82, 2.24) is 10.2 Å². The van der Waals surface area contributed by atoms with Gasteiger partial charge in [0.15, 0.2) is 0 Å². The number of rotatable bonds is 7. The van der Waals surface area contributed by atoms with Crippen molar-refractivity contribution in [1.29, 1.82) is 0 Å². The highest BCUT2D eigenvalue weighted by Gasteiger charge is 2.15. The van der Waals surface area contributed by atoms with E-state index in [0.717, 1.165) is 30.0 Å². The highest BCUT2D eigenvalue weighted by molar-refractivity contribution is 6.24. The number of nitrogens with one attached hydrogen (secondary N) is 1. The molecule has 0 bridgehead atoms. The Morgan fingerprint density at radius 2 is 1.67 bits per heavy atom. The minimum absolute atomic E-state index is 0.00248. The summed E-state index contributed by atoms with van der Waals surface area (Å²) in [7, 11) is 0. The van der Waals surface area contributed by atoms with Gasteiger partial charge in [0.2, 0.25) is 0 Å². The second-order valence-electron chi connectivity index (χ2n) is 7.47. The molecule has 0 saturated carbocycles. The summed E-state index contributed by atoms with van der Waals surface area (Å²) >= 11 is 0. The van der Waals surface area contributed by atoms with Gasteiger partial charge in [0, 0.05) is 12.1 Å². The van der Waals surface area contributed by atoms with Gasteiger partial charge in [0.05, 0.1) is 0 Å². The molecule has 3 rings (SSSR count). The fraction of sp³-hybridized carbons (Fsp3) is 0.375. The molecule has 142 valence electrons. The van der Waals surface area contributed by atoms with Gasteiger partial charge in [0.25, 0.3) is 5.91 Å². The molecule has 3 nitrogen and oxygen atoms in total. The molecule has 1 saturated heterocycles. The van der Waals surface area contributed by atoms with Crippen LogP contribution >= 0.6 is 0 Å². The third kappa shape index (κ3) is 6.07. The minimum atomic E-state index is -0.00248. The van der Waals surface area contributed by atoms with Crippen molar-refractivity contribution in [3.8, 4) is 0 Å². The Bertz CT molecular complexity index is 731. The molecule has 0 spiro atoms. The van der Waals surface area contributed by atoms with E-state index >= 15 is 0 Å². The summed E-state index contributed by atoms with van der Waals surface area (Å²) in [6, 6.07) is 19.9. The molecule has 0 aliphatic carbocycles. The predicted octanol–water partition coefficient (Wildman–Crippen LogP) is 4.47. The number of hydrogen-bond donors (Lipinski definition) is 1. The summed E-state index contributed by atoms with van der Waals surface area (Å²) < 4.78 is 0. The topological polar surface area (TPSA) is 32.3 Å². The smallest absolute Gasteiger partial charge is 0.251 e. The fourth-order valence-corrected chi connectivity index (χ4v) is 3.50. The number of nitrogens with zero attached hydrogens (tertiary/aromatic N) is 1. The Kier molecular flexibility index (Phi) is 7.23. The van der Waals surface area contributed by atoms with Gasteiger partial charge in [-0.05, 0) is 62.0 Å². The van der Waals surface area contributed by atoms with Crippen LogP contribution in [0.15, 0.2) is 60.7 Å². The van der Waals surface area contributed by atoms with Crippen LogP contribution in [-0.4, -0.2) is 37.0 Å². The Labute approximate surface area is 163 Å². The number of piperidine rings is 1. The maximum absolute atomic E-state index is 12.8. The van der Waals surface area contributed by atoms with Crippen LogP contribution in [0.1, 0.15) is 37.3 Å². The lowest BCUT2D eigenvalue weighted by molar-refractivity contribution is -0.115. The zero-order valence-corrected chi connectivity index (χ0v) is 16.2. The molecule has 2 aromatic carbocycles. The van der Waals surface area contributed by atoms with Gasteiger partial charge in [-0.15, -0.1) is 0 Å². The molecule has 0 atom stereocenters. The highest BCUT2D eigenvalue weighted by atomic mass is 16.1. The maximum atomic E-state index is 12.8. The molecule has 2 aromatic rings. The Hall–Kier alpha value is -2.39. The van der Waals surface area contributed by atoms with Crippen molar-refractivity contribution in [3.05, 3.63) is 71.8 Å². The second-order valence-corrected chi connectivity index (χ2v) is 7.47. The number of carbonyl (C=O) groups excluding carboxylic acids is 1. The van der Waals surface area contributed by atoms with Crippen LogP contribution in [0.2, 0.25) is 0 Å². The van der Waals surface area contributed by atoms with E-state index < -0.39 is 0 Å². The van der Waals surface area contributed by atoms with Gasteiger partial charge in [-0.25, -0.2) is 0 Å². The summed E-state index contributed by atoms with van der Waals surface area (Å²) in [6.45, 7) is 6.50. The molecule has 1 amide bonds. The molecule has 27 heavy (non-hydrogen) atoms. The largest absolute Gasteiger partial charge is 0.352 e. The van der Waals surface area contributed by atoms with E-state index in [2.05, 4.69) is 17.1 Å². The van der Waals surface area contributed by atoms with Crippen molar-refractivity contribution in [2.24, 2.45) is 5.92 Å². The summed E-state index contributed by atoms with van der Waals surface area (Å²) in [5.41, 5.74) is 2.70. The molecule has 0 unspecified atom stereocenters. The van der Waals surface area contributed by atoms with Crippen LogP contribution in [0, 0.1) is 5.92 Å². The molecule has 0 aromatic heterocycles. The zero-order valence-electron chi connectivity index (χ0n) is 16.2. The van der Waals surface area contributed by atoms with Crippen molar-refractivity contribution in [2.45, 2.75) is 26.2 Å². The monoisotopic (exact) mass is 362 g/mol. The summed E-state index contributed by atoms with van der Waals surface area (Å²) in [4.78, 5) is 15.4. The van der Waals surface area contributed by atoms with Crippen molar-refractivity contribution in [2.75, 3.05) is 26.2 Å². The van der Waals surface area contributed by atoms with Crippen LogP contribution in [0.5, 0.6) is 0 Å². The van der Waals surface area contributed by atoms with E-state index in [4.69, 9.17) is 0 Å². The van der Waals surface area contributed by atoms with Crippen LogP contribution in [0.4, 0.5) is 0 Å². The molecule has 1 N–H and O–H groups in total. The normalized spacial score (nSPS) is 16.3. The summed E-state index contributed by atoms with van der Waals surface area (Å²) in [5, 5.41) is 3.12. The SMILES string of the molecule is CC1CCN(CCCNC(=O)/C(=C/c2ccccc2)c2ccccc2)CC1. The standard InChI is InChI=1S/C24H30N2O/c1-20-13-17-26(18-14-20)16-8-15-25-24(27)23(22-11-6-3-7-12-22)19-21-9-4-2-5-10-21/h2-7,9-12,19-20H,8,13-18H2,1H3,(H,25,27)/b23-19+. The third-order valence-corrected chi connectivity index (χ3v) is 5.25. The predicted molar refractivity (Wildman–Crippen MR) is 113 cm³/mol. The van der Waals surface area contributed by atoms with E-state index in [1.165, 1.54) is 25.9 Å². The van der Waals surface area contributed by atoms with Crippen molar-refractivity contribution >= 4 is 17.6 Å². The molecule has 1 heterocycles. The van der Waals surface area contributed by atoms with Crippen molar-refractivity contribution in [3.63, 3.8) is 0 Å². The van der Waals surface area contributed by atoms with Gasteiger partial charge in [0.1, 0.15) is 0 Å². The van der Waals surface area contributed by atoms with Gasteiger partial charge >= 0.3 is 0 Å². The fourth-order valence-electron chi connectivity index (χ4n) is 3.50. The van der Waals surface area contributed by atoms with E-state index in [0.29, 0.717) is 12.1 Å². The lowest BCUT2D eigenvalue weighted by atomic mass is 9.99. The van der Waals surface area contributed by atoms with E-state index in [1.54, 1.807) is 0 Å². The summed E-state index contributed by atoms with van der Waals surface area (Å²) in [6.07, 6.45) is 5.55. The first-order chi connectivity index (χ1) is 13.2. The molecule has 1 aliphatic heterocycles. The van der Waals surface area contributed by atoms with Gasteiger partial charge < -0.3 is 10.2 Å². The van der Waals surface area contributed by atoms with Crippen LogP contribution in [0.3, 0.4) is 0 Å². The van der Waals surface area contributed by atoms with Crippen LogP contribution in [-0.2, 0) is 4.79 Å². The molecule has 3 heteroatoms. The average Bonchev–Trinajstić information content (AvgIpc) is 2.72. The number of benzene rings is 2. The Morgan fingerprint density at radius 3 is 2.33 bits per heavy atom. The third-order valence-electron chi connectivity index (χ3n) is 5.25. The first-order valence-corrected chi connectivity index (χ1v) is 10.0. The van der Waals surface area contributed by atoms with E-state index in [1.807, 2.05) is 66.7 Å². The van der Waals surface area contributed by atoms with Crippen LogP contribution < -0.4 is 5.32 Å². The Morgan fingerprint density at radius 1 is 1.04 bits per heavy atom. The lowest BCUT2D eigenvalue weighted by Gasteiger charge is -2.30. The highest BCUT2D eigenvalue weighted by Crippen LogP contribution is 2.19. The molecule has 0 radical (unpaired) electrons. The quantitative estimate of drug-likeness (QED) is 0.448. The van der Waals surface area contributed by atoms with Crippen LogP contribution in [0.25, 0.3) is 11.6 Å². The average molecular weight is 363 g/mol. The molecule has 1 fully saturated rings. The number of likely N-dealkylation sites (tertiary alicyclic amines) is 1. The van der Waals surface area contributed by atoms with E-state index in [9.17, 15) is 4.79 Å². The Balaban J connectivity index is 1.58. The van der Waals surface area contributed by atoms with Gasteiger partial charge in [-0.2, -0.15) is 0 Å². The molecular formula is C24H30N2O. The first kappa shape index (κ1) is 19.4. The maximum Gasteiger partial charge on any atom is 0.251 e. The first-order valence-electron chi connectivity index (χ1n) is 10.0. The zero-order chi connectivity index (χ0) is 18.9. The molecular weight excluding hydrogens is 332 g/mol. The van der Waals surface area contributed by atoms with Gasteiger partial charge in [-0.1, -0.05) is 67.6 Å². The summed E-state index contributed by atoms with van der Waals surface area (Å²) in [5.74, 6) is 0.856. The number of amides is 1. The lowest BCUT2D eigenvalue weighted by Crippen LogP contribution is -2.35. The van der Waals surface area contributed by atoms with Crippen molar-refractivity contribution < 1.29 is 4.79 Å². The number of carbonyl (C=O) groups is 1. The van der Waals surface area contributed by atoms with E-state index in [-0.39, 0.29) is 5.91 Å². The molecule has 1 aliphatic rings. The van der Waals surface area contributed by atoms with Gasteiger partial charge in [-0.3, -0.25) is 4.79 Å². The number of hydrogen-bond acceptors (Lipinski definition) is 2.